The van der Waals surface area contributed by atoms with Crippen molar-refractivity contribution in [1.82, 2.24) is 5.32 Å². The molecule has 1 atom stereocenters. The molecule has 0 aromatic heterocycles. The minimum atomic E-state index is 0.144. The molecule has 0 bridgehead atoms. The molecule has 2 aromatic rings. The number of benzene rings is 2. The number of nitrogens with one attached hydrogen (secondary N) is 1. The van der Waals surface area contributed by atoms with Gasteiger partial charge in [-0.15, -0.1) is 11.8 Å². The van der Waals surface area contributed by atoms with Gasteiger partial charge in [0.2, 0.25) is 5.91 Å². The number of carbonyl (C=O) groups is 1. The molecule has 23 heavy (non-hydrogen) atoms. The molecule has 0 heterocycles. The summed E-state index contributed by atoms with van der Waals surface area (Å²) in [6.07, 6.45) is 2.54. The fourth-order valence-electron chi connectivity index (χ4n) is 2.34. The van der Waals surface area contributed by atoms with Crippen LogP contribution in [0.1, 0.15) is 30.9 Å². The van der Waals surface area contributed by atoms with Crippen LogP contribution in [-0.2, 0) is 11.2 Å². The zero-order valence-electron chi connectivity index (χ0n) is 13.9. The van der Waals surface area contributed by atoms with E-state index in [-0.39, 0.29) is 11.9 Å². The standard InChI is InChI=1S/C20H25NOS/c1-16-8-12-19(13-9-16)23-15-14-20(22)21-17(2)10-11-18-6-4-3-5-7-18/h3-9,12-13,17H,10-11,14-15H2,1-2H3,(H,21,22)/t17-/m0/s1. The maximum absolute atomic E-state index is 12.0. The smallest absolute Gasteiger partial charge is 0.221 e. The molecule has 0 radical (unpaired) electrons. The van der Waals surface area contributed by atoms with E-state index < -0.39 is 0 Å². The minimum absolute atomic E-state index is 0.144. The Bertz CT molecular complexity index is 595. The predicted octanol–water partition coefficient (Wildman–Crippen LogP) is 4.61. The van der Waals surface area contributed by atoms with E-state index in [1.807, 2.05) is 6.07 Å². The van der Waals surface area contributed by atoms with Crippen LogP contribution in [0.2, 0.25) is 0 Å². The number of carbonyl (C=O) groups excluding carboxylic acids is 1. The molecule has 0 aliphatic heterocycles. The van der Waals surface area contributed by atoms with Crippen molar-refractivity contribution in [2.45, 2.75) is 44.0 Å². The predicted molar refractivity (Wildman–Crippen MR) is 98.9 cm³/mol. The lowest BCUT2D eigenvalue weighted by atomic mass is 10.1. The molecule has 0 saturated heterocycles. The average Bonchev–Trinajstić information content (AvgIpc) is 2.56. The van der Waals surface area contributed by atoms with Gasteiger partial charge in [0.25, 0.3) is 0 Å². The second kappa shape index (κ2) is 9.41. The Balaban J connectivity index is 1.63. The zero-order valence-corrected chi connectivity index (χ0v) is 14.7. The Kier molecular flexibility index (Phi) is 7.21. The molecule has 3 heteroatoms. The molecule has 0 fully saturated rings. The molecule has 0 spiro atoms. The first-order valence-corrected chi connectivity index (χ1v) is 9.15. The van der Waals surface area contributed by atoms with Crippen LogP contribution in [0.15, 0.2) is 59.5 Å². The first kappa shape index (κ1) is 17.6. The summed E-state index contributed by atoms with van der Waals surface area (Å²) in [5.41, 5.74) is 2.59. The van der Waals surface area contributed by atoms with Gasteiger partial charge < -0.3 is 5.32 Å². The van der Waals surface area contributed by atoms with Gasteiger partial charge in [-0.25, -0.2) is 0 Å². The Morgan fingerprint density at radius 3 is 2.48 bits per heavy atom. The molecule has 0 unspecified atom stereocenters. The van der Waals surface area contributed by atoms with Gasteiger partial charge in [-0.3, -0.25) is 4.79 Å². The molecule has 1 amide bonds. The van der Waals surface area contributed by atoms with Gasteiger partial charge >= 0.3 is 0 Å². The molecule has 2 nitrogen and oxygen atoms in total. The van der Waals surface area contributed by atoms with Crippen LogP contribution in [0.3, 0.4) is 0 Å². The maximum Gasteiger partial charge on any atom is 0.221 e. The second-order valence-electron chi connectivity index (χ2n) is 5.90. The fraction of sp³-hybridized carbons (Fsp3) is 0.350. The summed E-state index contributed by atoms with van der Waals surface area (Å²) in [6, 6.07) is 19.1. The van der Waals surface area contributed by atoms with Crippen LogP contribution in [0.5, 0.6) is 0 Å². The number of aryl methyl sites for hydroxylation is 2. The van der Waals surface area contributed by atoms with Crippen LogP contribution in [0, 0.1) is 6.92 Å². The van der Waals surface area contributed by atoms with Crippen molar-refractivity contribution in [3.05, 3.63) is 65.7 Å². The van der Waals surface area contributed by atoms with E-state index in [0.29, 0.717) is 6.42 Å². The van der Waals surface area contributed by atoms with Crippen molar-refractivity contribution >= 4 is 17.7 Å². The SMILES string of the molecule is Cc1ccc(SCCC(=O)N[C@@H](C)CCc2ccccc2)cc1. The van der Waals surface area contributed by atoms with E-state index in [4.69, 9.17) is 0 Å². The Labute approximate surface area is 143 Å². The van der Waals surface area contributed by atoms with Crippen LogP contribution in [0.4, 0.5) is 0 Å². The topological polar surface area (TPSA) is 29.1 Å². The van der Waals surface area contributed by atoms with E-state index in [0.717, 1.165) is 18.6 Å². The third kappa shape index (κ3) is 6.91. The zero-order chi connectivity index (χ0) is 16.5. The molecule has 122 valence electrons. The molecule has 0 saturated carbocycles. The first-order chi connectivity index (χ1) is 11.1. The highest BCUT2D eigenvalue weighted by molar-refractivity contribution is 7.99. The summed E-state index contributed by atoms with van der Waals surface area (Å²) < 4.78 is 0. The quantitative estimate of drug-likeness (QED) is 0.717. The number of hydrogen-bond donors (Lipinski definition) is 1. The van der Waals surface area contributed by atoms with Gasteiger partial charge in [-0.1, -0.05) is 48.0 Å². The van der Waals surface area contributed by atoms with Crippen LogP contribution in [-0.4, -0.2) is 17.7 Å². The van der Waals surface area contributed by atoms with Crippen molar-refractivity contribution < 1.29 is 4.79 Å². The highest BCUT2D eigenvalue weighted by atomic mass is 32.2. The highest BCUT2D eigenvalue weighted by Crippen LogP contribution is 2.19. The summed E-state index contributed by atoms with van der Waals surface area (Å²) in [4.78, 5) is 13.2. The third-order valence-electron chi connectivity index (χ3n) is 3.74. The van der Waals surface area contributed by atoms with Gasteiger partial charge in [-0.2, -0.15) is 0 Å². The lowest BCUT2D eigenvalue weighted by Crippen LogP contribution is -2.33. The number of thioether (sulfide) groups is 1. The van der Waals surface area contributed by atoms with Crippen molar-refractivity contribution in [1.29, 1.82) is 0 Å². The van der Waals surface area contributed by atoms with Crippen LogP contribution >= 0.6 is 11.8 Å². The van der Waals surface area contributed by atoms with Gasteiger partial charge in [0, 0.05) is 23.1 Å². The van der Waals surface area contributed by atoms with Gasteiger partial charge in [-0.05, 0) is 44.4 Å². The van der Waals surface area contributed by atoms with Crippen LogP contribution in [0.25, 0.3) is 0 Å². The lowest BCUT2D eigenvalue weighted by molar-refractivity contribution is -0.121. The monoisotopic (exact) mass is 327 g/mol. The maximum atomic E-state index is 12.0. The summed E-state index contributed by atoms with van der Waals surface area (Å²) in [7, 11) is 0. The van der Waals surface area contributed by atoms with E-state index in [2.05, 4.69) is 67.7 Å². The molecular weight excluding hydrogens is 302 g/mol. The highest BCUT2D eigenvalue weighted by Gasteiger charge is 2.07. The average molecular weight is 327 g/mol. The van der Waals surface area contributed by atoms with Crippen molar-refractivity contribution in [2.75, 3.05) is 5.75 Å². The summed E-state index contributed by atoms with van der Waals surface area (Å²) in [5.74, 6) is 0.963. The van der Waals surface area contributed by atoms with Gasteiger partial charge in [0.05, 0.1) is 0 Å². The molecule has 2 aromatic carbocycles. The van der Waals surface area contributed by atoms with Gasteiger partial charge in [0.15, 0.2) is 0 Å². The Morgan fingerprint density at radius 1 is 1.09 bits per heavy atom. The molecule has 2 rings (SSSR count). The van der Waals surface area contributed by atoms with Gasteiger partial charge in [0.1, 0.15) is 0 Å². The summed E-state index contributed by atoms with van der Waals surface area (Å²) in [5, 5.41) is 3.09. The number of rotatable bonds is 8. The Morgan fingerprint density at radius 2 is 1.78 bits per heavy atom. The lowest BCUT2D eigenvalue weighted by Gasteiger charge is -2.14. The summed E-state index contributed by atoms with van der Waals surface area (Å²) in [6.45, 7) is 4.16. The summed E-state index contributed by atoms with van der Waals surface area (Å²) >= 11 is 1.73. The Hall–Kier alpha value is -1.74. The third-order valence-corrected chi connectivity index (χ3v) is 4.75. The molecular formula is C20H25NOS. The number of amides is 1. The number of hydrogen-bond acceptors (Lipinski definition) is 2. The molecule has 0 aliphatic rings. The normalized spacial score (nSPS) is 11.9. The minimum Gasteiger partial charge on any atom is -0.354 e. The molecule has 0 aliphatic carbocycles. The van der Waals surface area contributed by atoms with E-state index in [1.165, 1.54) is 16.0 Å². The van der Waals surface area contributed by atoms with Crippen molar-refractivity contribution in [3.8, 4) is 0 Å². The first-order valence-electron chi connectivity index (χ1n) is 8.16. The second-order valence-corrected chi connectivity index (χ2v) is 7.07. The van der Waals surface area contributed by atoms with E-state index in [9.17, 15) is 4.79 Å². The van der Waals surface area contributed by atoms with Crippen LogP contribution < -0.4 is 5.32 Å². The van der Waals surface area contributed by atoms with E-state index in [1.54, 1.807) is 11.8 Å². The van der Waals surface area contributed by atoms with Crippen molar-refractivity contribution in [3.63, 3.8) is 0 Å². The van der Waals surface area contributed by atoms with Crippen molar-refractivity contribution in [2.24, 2.45) is 0 Å². The molecule has 1 N–H and O–H groups in total. The largest absolute Gasteiger partial charge is 0.354 e. The fourth-order valence-corrected chi connectivity index (χ4v) is 3.19. The van der Waals surface area contributed by atoms with E-state index >= 15 is 0 Å².